The molecule has 3 saturated heterocycles. The summed E-state index contributed by atoms with van der Waals surface area (Å²) in [6.07, 6.45) is 6.18. The lowest BCUT2D eigenvalue weighted by atomic mass is 9.83. The molecular formula is C16H18N2O. The first-order valence-corrected chi connectivity index (χ1v) is 7.03. The Hall–Kier alpha value is -1.74. The number of nitrogens with one attached hydrogen (secondary N) is 1. The van der Waals surface area contributed by atoms with E-state index in [1.807, 2.05) is 12.3 Å². The summed E-state index contributed by atoms with van der Waals surface area (Å²) in [6.45, 7) is 2.19. The van der Waals surface area contributed by atoms with E-state index < -0.39 is 0 Å². The molecule has 3 fully saturated rings. The molecule has 1 aromatic carbocycles. The predicted octanol–water partition coefficient (Wildman–Crippen LogP) is 2.60. The molecule has 5 rings (SSSR count). The maximum Gasteiger partial charge on any atom is 0.0965 e. The van der Waals surface area contributed by atoms with Gasteiger partial charge in [0, 0.05) is 41.4 Å². The van der Waals surface area contributed by atoms with Gasteiger partial charge in [-0.15, -0.1) is 0 Å². The fourth-order valence-electron chi connectivity index (χ4n) is 3.45. The zero-order valence-corrected chi connectivity index (χ0v) is 10.8. The lowest BCUT2D eigenvalue weighted by molar-refractivity contribution is 0.0215. The molecule has 4 heterocycles. The highest BCUT2D eigenvalue weighted by Crippen LogP contribution is 2.36. The average Bonchev–Trinajstić information content (AvgIpc) is 2.87. The Kier molecular flexibility index (Phi) is 2.42. The number of H-pyrrole nitrogens is 1. The summed E-state index contributed by atoms with van der Waals surface area (Å²) in [6, 6.07) is 8.31. The van der Waals surface area contributed by atoms with Crippen LogP contribution in [0.3, 0.4) is 0 Å². The minimum atomic E-state index is -0.281. The van der Waals surface area contributed by atoms with Crippen LogP contribution in [0.5, 0.6) is 0 Å². The van der Waals surface area contributed by atoms with Crippen LogP contribution >= 0.6 is 0 Å². The molecule has 3 heteroatoms. The van der Waals surface area contributed by atoms with E-state index in [9.17, 15) is 5.11 Å². The Morgan fingerprint density at radius 2 is 2.00 bits per heavy atom. The number of nitrogens with zero attached hydrogens (tertiary/aromatic N) is 1. The fourth-order valence-corrected chi connectivity index (χ4v) is 3.45. The average molecular weight is 254 g/mol. The molecule has 0 spiro atoms. The van der Waals surface area contributed by atoms with E-state index in [4.69, 9.17) is 0 Å². The highest BCUT2D eigenvalue weighted by molar-refractivity contribution is 5.89. The number of aromatic nitrogens is 1. The van der Waals surface area contributed by atoms with Crippen LogP contribution in [0.1, 0.15) is 18.4 Å². The molecule has 2 aromatic rings. The van der Waals surface area contributed by atoms with E-state index in [1.54, 1.807) is 0 Å². The normalized spacial score (nSPS) is 28.5. The van der Waals surface area contributed by atoms with Crippen LogP contribution in [-0.2, 0) is 0 Å². The van der Waals surface area contributed by atoms with Gasteiger partial charge in [-0.25, -0.2) is 0 Å². The third kappa shape index (κ3) is 1.69. The lowest BCUT2D eigenvalue weighted by Gasteiger charge is -2.45. The van der Waals surface area contributed by atoms with Gasteiger partial charge in [-0.05, 0) is 30.9 Å². The number of aliphatic hydroxyl groups is 1. The van der Waals surface area contributed by atoms with Crippen LogP contribution in [0.25, 0.3) is 17.0 Å². The summed E-state index contributed by atoms with van der Waals surface area (Å²) in [5, 5.41) is 11.6. The zero-order chi connectivity index (χ0) is 12.8. The second-order valence-electron chi connectivity index (χ2n) is 5.63. The summed E-state index contributed by atoms with van der Waals surface area (Å²) >= 11 is 0. The number of aromatic amines is 1. The van der Waals surface area contributed by atoms with Crippen molar-refractivity contribution >= 4 is 17.0 Å². The van der Waals surface area contributed by atoms with Crippen molar-refractivity contribution in [2.75, 3.05) is 13.1 Å². The van der Waals surface area contributed by atoms with Gasteiger partial charge in [0.2, 0.25) is 0 Å². The summed E-state index contributed by atoms with van der Waals surface area (Å²) in [4.78, 5) is 5.63. The van der Waals surface area contributed by atoms with Crippen LogP contribution in [-0.4, -0.2) is 34.2 Å². The maximum atomic E-state index is 10.4. The molecule has 3 aliphatic heterocycles. The predicted molar refractivity (Wildman–Crippen MR) is 76.6 cm³/mol. The van der Waals surface area contributed by atoms with Crippen LogP contribution in [0.4, 0.5) is 0 Å². The van der Waals surface area contributed by atoms with Crippen molar-refractivity contribution in [3.05, 3.63) is 41.7 Å². The van der Waals surface area contributed by atoms with E-state index >= 15 is 0 Å². The first kappa shape index (κ1) is 11.1. The Balaban J connectivity index is 1.79. The van der Waals surface area contributed by atoms with Crippen molar-refractivity contribution in [2.45, 2.75) is 18.9 Å². The number of aliphatic hydroxyl groups excluding tert-OH is 1. The number of rotatable bonds is 1. The summed E-state index contributed by atoms with van der Waals surface area (Å²) in [5.74, 6) is 0.460. The molecule has 3 aliphatic rings. The molecule has 1 atom stereocenters. The van der Waals surface area contributed by atoms with Gasteiger partial charge in [-0.1, -0.05) is 18.2 Å². The fraction of sp³-hybridized carbons (Fsp3) is 0.375. The third-order valence-corrected chi connectivity index (χ3v) is 4.58. The SMILES string of the molecule is OC1/C(=C/c2c[nH]c3ccccc23)N2CCC1CC2. The molecule has 2 N–H and O–H groups in total. The first-order valence-electron chi connectivity index (χ1n) is 7.03. The molecule has 2 bridgehead atoms. The van der Waals surface area contributed by atoms with E-state index in [1.165, 1.54) is 10.9 Å². The van der Waals surface area contributed by atoms with E-state index in [0.29, 0.717) is 5.92 Å². The Bertz CT molecular complexity index is 631. The van der Waals surface area contributed by atoms with Gasteiger partial charge in [0.15, 0.2) is 0 Å². The smallest absolute Gasteiger partial charge is 0.0965 e. The molecule has 1 unspecified atom stereocenters. The molecule has 0 radical (unpaired) electrons. The topological polar surface area (TPSA) is 39.3 Å². The number of hydrogen-bond donors (Lipinski definition) is 2. The molecule has 98 valence electrons. The van der Waals surface area contributed by atoms with E-state index in [2.05, 4.69) is 34.2 Å². The monoisotopic (exact) mass is 254 g/mol. The summed E-state index contributed by atoms with van der Waals surface area (Å²) in [5.41, 5.74) is 3.43. The number of piperidine rings is 3. The van der Waals surface area contributed by atoms with Gasteiger partial charge in [-0.3, -0.25) is 0 Å². The van der Waals surface area contributed by atoms with Crippen molar-refractivity contribution in [2.24, 2.45) is 5.92 Å². The van der Waals surface area contributed by atoms with Crippen LogP contribution in [0.15, 0.2) is 36.2 Å². The zero-order valence-electron chi connectivity index (χ0n) is 10.8. The second-order valence-corrected chi connectivity index (χ2v) is 5.63. The van der Waals surface area contributed by atoms with Crippen molar-refractivity contribution in [1.82, 2.24) is 9.88 Å². The maximum absolute atomic E-state index is 10.4. The molecule has 0 saturated carbocycles. The van der Waals surface area contributed by atoms with Crippen molar-refractivity contribution in [1.29, 1.82) is 0 Å². The van der Waals surface area contributed by atoms with Crippen molar-refractivity contribution < 1.29 is 5.11 Å². The molecule has 19 heavy (non-hydrogen) atoms. The van der Waals surface area contributed by atoms with Crippen LogP contribution in [0.2, 0.25) is 0 Å². The van der Waals surface area contributed by atoms with Crippen molar-refractivity contribution in [3.8, 4) is 0 Å². The number of para-hydroxylation sites is 1. The van der Waals surface area contributed by atoms with Gasteiger partial charge in [0.05, 0.1) is 6.10 Å². The number of benzene rings is 1. The minimum Gasteiger partial charge on any atom is -0.387 e. The molecular weight excluding hydrogens is 236 g/mol. The van der Waals surface area contributed by atoms with Gasteiger partial charge < -0.3 is 15.0 Å². The Morgan fingerprint density at radius 3 is 2.79 bits per heavy atom. The van der Waals surface area contributed by atoms with Gasteiger partial charge in [-0.2, -0.15) is 0 Å². The quantitative estimate of drug-likeness (QED) is 0.821. The Morgan fingerprint density at radius 1 is 1.21 bits per heavy atom. The lowest BCUT2D eigenvalue weighted by Crippen LogP contribution is -2.48. The number of hydrogen-bond acceptors (Lipinski definition) is 2. The van der Waals surface area contributed by atoms with E-state index in [0.717, 1.165) is 37.1 Å². The van der Waals surface area contributed by atoms with Gasteiger partial charge in [0.25, 0.3) is 0 Å². The summed E-state index contributed by atoms with van der Waals surface area (Å²) < 4.78 is 0. The number of fused-ring (bicyclic) bond motifs is 4. The van der Waals surface area contributed by atoms with Gasteiger partial charge >= 0.3 is 0 Å². The van der Waals surface area contributed by atoms with Crippen LogP contribution in [0, 0.1) is 5.92 Å². The minimum absolute atomic E-state index is 0.281. The van der Waals surface area contributed by atoms with E-state index in [-0.39, 0.29) is 6.10 Å². The largest absolute Gasteiger partial charge is 0.387 e. The third-order valence-electron chi connectivity index (χ3n) is 4.58. The highest BCUT2D eigenvalue weighted by Gasteiger charge is 2.36. The standard InChI is InChI=1S/C16H18N2O/c19-16-11-5-7-18(8-6-11)15(16)9-12-10-17-14-4-2-1-3-13(12)14/h1-4,9-11,16-17,19H,5-8H2/b15-9-. The first-order chi connectivity index (χ1) is 9.33. The summed E-state index contributed by atoms with van der Waals surface area (Å²) in [7, 11) is 0. The molecule has 3 nitrogen and oxygen atoms in total. The highest BCUT2D eigenvalue weighted by atomic mass is 16.3. The molecule has 0 amide bonds. The molecule has 0 aliphatic carbocycles. The second kappa shape index (κ2) is 4.14. The van der Waals surface area contributed by atoms with Gasteiger partial charge in [0.1, 0.15) is 0 Å². The van der Waals surface area contributed by atoms with Crippen LogP contribution < -0.4 is 0 Å². The van der Waals surface area contributed by atoms with Crippen molar-refractivity contribution in [3.63, 3.8) is 0 Å². The molecule has 1 aromatic heterocycles. The Labute approximate surface area is 112 Å².